The van der Waals surface area contributed by atoms with Gasteiger partial charge in [-0.3, -0.25) is 4.57 Å². The number of aromatic nitrogens is 4. The quantitative estimate of drug-likeness (QED) is 0.318. The van der Waals surface area contributed by atoms with Crippen molar-refractivity contribution < 1.29 is 13.9 Å². The molecule has 2 N–H and O–H groups in total. The molecule has 3 unspecified atom stereocenters. The highest BCUT2D eigenvalue weighted by Gasteiger charge is 2.42. The van der Waals surface area contributed by atoms with Crippen LogP contribution in [0.15, 0.2) is 104 Å². The van der Waals surface area contributed by atoms with Gasteiger partial charge in [-0.2, -0.15) is 0 Å². The predicted molar refractivity (Wildman–Crippen MR) is 138 cm³/mol. The lowest BCUT2D eigenvalue weighted by Gasteiger charge is -2.36. The molecule has 3 aromatic carbocycles. The minimum atomic E-state index is -1.26. The molecule has 186 valence electrons. The molecule has 0 aliphatic carbocycles. The van der Waals surface area contributed by atoms with Gasteiger partial charge >= 0.3 is 0 Å². The molecule has 1 aliphatic rings. The van der Waals surface area contributed by atoms with E-state index >= 15 is 4.39 Å². The largest absolute Gasteiger partial charge is 0.382 e. The fraction of sp³-hybridized carbons (Fsp3) is 0.207. The Balaban J connectivity index is 1.34. The Kier molecular flexibility index (Phi) is 6.12. The van der Waals surface area contributed by atoms with E-state index in [4.69, 9.17) is 15.2 Å². The first-order chi connectivity index (χ1) is 18.2. The van der Waals surface area contributed by atoms with E-state index in [0.29, 0.717) is 11.2 Å². The lowest BCUT2D eigenvalue weighted by molar-refractivity contribution is -0.0804. The van der Waals surface area contributed by atoms with Gasteiger partial charge in [-0.25, -0.2) is 19.3 Å². The standard InChI is InChI=1S/C29H26FN5O2/c30-24-16-23(37-28(24)35-19-34-25-26(31)32-18-33-27(25)35)17-36-29(20-10-4-1-5-11-20,21-12-6-2-7-13-21)22-14-8-3-9-15-22/h1-15,18-19,23-24,28H,16-17H2,(H2,31,32,33). The molecule has 5 aromatic rings. The molecule has 1 fully saturated rings. The summed E-state index contributed by atoms with van der Waals surface area (Å²) >= 11 is 0. The minimum absolute atomic E-state index is 0.180. The van der Waals surface area contributed by atoms with Gasteiger partial charge in [-0.15, -0.1) is 0 Å². The number of alkyl halides is 1. The first-order valence-corrected chi connectivity index (χ1v) is 12.2. The van der Waals surface area contributed by atoms with Crippen LogP contribution in [0.25, 0.3) is 11.2 Å². The normalized spacial score (nSPS) is 19.9. The third-order valence-corrected chi connectivity index (χ3v) is 6.82. The SMILES string of the molecule is Nc1ncnc2c1ncn2C1OC(COC(c2ccccc2)(c2ccccc2)c2ccccc2)CC1F. The van der Waals surface area contributed by atoms with Gasteiger partial charge < -0.3 is 15.2 Å². The highest BCUT2D eigenvalue weighted by Crippen LogP contribution is 2.42. The number of hydrogen-bond donors (Lipinski definition) is 1. The molecule has 6 rings (SSSR count). The van der Waals surface area contributed by atoms with Gasteiger partial charge in [0.25, 0.3) is 0 Å². The molecule has 0 bridgehead atoms. The van der Waals surface area contributed by atoms with Crippen molar-refractivity contribution in [1.82, 2.24) is 19.5 Å². The average Bonchev–Trinajstić information content (AvgIpc) is 3.54. The number of benzene rings is 3. The van der Waals surface area contributed by atoms with E-state index in [1.165, 1.54) is 12.7 Å². The molecule has 0 spiro atoms. The average molecular weight is 496 g/mol. The first-order valence-electron chi connectivity index (χ1n) is 12.2. The molecule has 37 heavy (non-hydrogen) atoms. The Bertz CT molecular complexity index is 1380. The second-order valence-electron chi connectivity index (χ2n) is 9.07. The monoisotopic (exact) mass is 495 g/mol. The lowest BCUT2D eigenvalue weighted by atomic mass is 9.80. The van der Waals surface area contributed by atoms with E-state index in [-0.39, 0.29) is 18.8 Å². The zero-order chi connectivity index (χ0) is 25.2. The highest BCUT2D eigenvalue weighted by molar-refractivity contribution is 5.81. The number of fused-ring (bicyclic) bond motifs is 1. The van der Waals surface area contributed by atoms with Crippen molar-refractivity contribution in [2.24, 2.45) is 0 Å². The molecule has 3 heterocycles. The first kappa shape index (κ1) is 23.3. The summed E-state index contributed by atoms with van der Waals surface area (Å²) in [5.74, 6) is 0.246. The van der Waals surface area contributed by atoms with Gasteiger partial charge in [0.2, 0.25) is 0 Å². The molecule has 0 amide bonds. The number of halogens is 1. The molecule has 3 atom stereocenters. The maximum atomic E-state index is 15.3. The van der Waals surface area contributed by atoms with E-state index in [1.807, 2.05) is 54.6 Å². The van der Waals surface area contributed by atoms with E-state index in [1.54, 1.807) is 4.57 Å². The molecule has 2 aromatic heterocycles. The second kappa shape index (κ2) is 9.72. The van der Waals surface area contributed by atoms with Gasteiger partial charge in [0.05, 0.1) is 19.0 Å². The number of nitrogens with zero attached hydrogens (tertiary/aromatic N) is 4. The van der Waals surface area contributed by atoms with Crippen LogP contribution in [0.1, 0.15) is 29.3 Å². The van der Waals surface area contributed by atoms with Crippen LogP contribution in [0.4, 0.5) is 10.2 Å². The van der Waals surface area contributed by atoms with Crippen LogP contribution >= 0.6 is 0 Å². The smallest absolute Gasteiger partial charge is 0.168 e. The van der Waals surface area contributed by atoms with Crippen molar-refractivity contribution in [3.63, 3.8) is 0 Å². The summed E-state index contributed by atoms with van der Waals surface area (Å²) in [6.07, 6.45) is 0.394. The molecule has 7 nitrogen and oxygen atoms in total. The molecule has 0 saturated carbocycles. The van der Waals surface area contributed by atoms with Crippen molar-refractivity contribution in [3.05, 3.63) is 120 Å². The van der Waals surface area contributed by atoms with Crippen LogP contribution in [0, 0.1) is 0 Å². The van der Waals surface area contributed by atoms with Crippen LogP contribution < -0.4 is 5.73 Å². The Morgan fingerprint density at radius 1 is 0.865 bits per heavy atom. The number of anilines is 1. The molecule has 1 aliphatic heterocycles. The van der Waals surface area contributed by atoms with Gasteiger partial charge in [0.1, 0.15) is 23.6 Å². The number of ether oxygens (including phenoxy) is 2. The fourth-order valence-corrected chi connectivity index (χ4v) is 5.10. The van der Waals surface area contributed by atoms with Crippen molar-refractivity contribution >= 4 is 17.0 Å². The van der Waals surface area contributed by atoms with E-state index < -0.39 is 24.1 Å². The van der Waals surface area contributed by atoms with Crippen LogP contribution in [0.5, 0.6) is 0 Å². The Hall–Kier alpha value is -4.14. The van der Waals surface area contributed by atoms with Crippen molar-refractivity contribution in [1.29, 1.82) is 0 Å². The molecule has 1 saturated heterocycles. The summed E-state index contributed by atoms with van der Waals surface area (Å²) in [5, 5.41) is 0. The number of nitrogen functional groups attached to an aromatic ring is 1. The number of hydrogen-bond acceptors (Lipinski definition) is 6. The molecular weight excluding hydrogens is 469 g/mol. The summed E-state index contributed by atoms with van der Waals surface area (Å²) in [6.45, 7) is 0.180. The topological polar surface area (TPSA) is 88.1 Å². The van der Waals surface area contributed by atoms with Gasteiger partial charge in [-0.05, 0) is 16.7 Å². The maximum Gasteiger partial charge on any atom is 0.168 e. The maximum absolute atomic E-state index is 15.3. The number of imidazole rings is 1. The third-order valence-electron chi connectivity index (χ3n) is 6.82. The van der Waals surface area contributed by atoms with Crippen molar-refractivity contribution in [2.45, 2.75) is 30.5 Å². The Morgan fingerprint density at radius 2 is 1.43 bits per heavy atom. The molecular formula is C29H26FN5O2. The van der Waals surface area contributed by atoms with Gasteiger partial charge in [0, 0.05) is 6.42 Å². The summed E-state index contributed by atoms with van der Waals surface area (Å²) in [7, 11) is 0. The Labute approximate surface area is 213 Å². The summed E-state index contributed by atoms with van der Waals surface area (Å²) in [5.41, 5.74) is 8.81. The van der Waals surface area contributed by atoms with E-state index in [0.717, 1.165) is 16.7 Å². The number of nitrogens with two attached hydrogens (primary N) is 1. The van der Waals surface area contributed by atoms with Crippen molar-refractivity contribution in [2.75, 3.05) is 12.3 Å². The lowest BCUT2D eigenvalue weighted by Crippen LogP contribution is -2.35. The number of rotatable bonds is 7. The van der Waals surface area contributed by atoms with Crippen LogP contribution in [0.2, 0.25) is 0 Å². The molecule has 0 radical (unpaired) electrons. The summed E-state index contributed by atoms with van der Waals surface area (Å²) in [4.78, 5) is 12.5. The van der Waals surface area contributed by atoms with Crippen LogP contribution in [0.3, 0.4) is 0 Å². The molecule has 8 heteroatoms. The zero-order valence-corrected chi connectivity index (χ0v) is 20.0. The van der Waals surface area contributed by atoms with Crippen LogP contribution in [-0.2, 0) is 15.1 Å². The van der Waals surface area contributed by atoms with E-state index in [2.05, 4.69) is 51.4 Å². The summed E-state index contributed by atoms with van der Waals surface area (Å²) in [6, 6.07) is 30.2. The summed E-state index contributed by atoms with van der Waals surface area (Å²) < 4.78 is 29.9. The third kappa shape index (κ3) is 4.14. The highest BCUT2D eigenvalue weighted by atomic mass is 19.1. The fourth-order valence-electron chi connectivity index (χ4n) is 5.10. The van der Waals surface area contributed by atoms with E-state index in [9.17, 15) is 0 Å². The van der Waals surface area contributed by atoms with Crippen LogP contribution in [-0.4, -0.2) is 38.4 Å². The van der Waals surface area contributed by atoms with Gasteiger partial charge in [0.15, 0.2) is 17.7 Å². The zero-order valence-electron chi connectivity index (χ0n) is 20.0. The predicted octanol–water partition coefficient (Wildman–Crippen LogP) is 5.04. The van der Waals surface area contributed by atoms with Gasteiger partial charge in [-0.1, -0.05) is 91.0 Å². The second-order valence-corrected chi connectivity index (χ2v) is 9.07. The minimum Gasteiger partial charge on any atom is -0.382 e. The van der Waals surface area contributed by atoms with Crippen molar-refractivity contribution in [3.8, 4) is 0 Å². The Morgan fingerprint density at radius 3 is 2.00 bits per heavy atom.